The highest BCUT2D eigenvalue weighted by Crippen LogP contribution is 2.45. The van der Waals surface area contributed by atoms with Crippen LogP contribution in [0.15, 0.2) is 0 Å². The molecule has 0 aliphatic rings. The molecule has 0 rings (SSSR count). The quantitative estimate of drug-likeness (QED) is 0.0222. The van der Waals surface area contributed by atoms with Gasteiger partial charge in [-0.05, 0) is 37.5 Å². The molecule has 3 N–H and O–H groups in total. The number of aliphatic hydroxyl groups excluding tert-OH is 1. The Hall–Kier alpha value is -1.94. The first-order valence-electron chi connectivity index (χ1n) is 34.0. The lowest BCUT2D eigenvalue weighted by Gasteiger charge is -2.21. The molecule has 0 aromatic heterocycles. The van der Waals surface area contributed by atoms with Crippen LogP contribution in [0.1, 0.15) is 324 Å². The number of carbonyl (C=O) groups excluding carboxylic acids is 4. The predicted molar refractivity (Wildman–Crippen MR) is 335 cm³/mol. The van der Waals surface area contributed by atoms with Crippen LogP contribution in [0.5, 0.6) is 0 Å². The predicted octanol–water partition coefficient (Wildman–Crippen LogP) is 18.0. The van der Waals surface area contributed by atoms with Gasteiger partial charge in [0.1, 0.15) is 19.3 Å². The fourth-order valence-corrected chi connectivity index (χ4v) is 11.3. The van der Waals surface area contributed by atoms with E-state index >= 15 is 0 Å². The molecule has 0 aromatic rings. The lowest BCUT2D eigenvalue weighted by molar-refractivity contribution is -0.161. The van der Waals surface area contributed by atoms with Crippen LogP contribution in [0.4, 0.5) is 0 Å². The minimum Gasteiger partial charge on any atom is -0.462 e. The SMILES string of the molecule is CCCCCCCCCCCCCCC(=O)OC[C@H](COP(=O)(O)OC[C@@H](O)COP(=O)(O)OC[C@@H](COC(=O)CCCCCCCCCC)OC(=O)CCCCCCCCC(C)CC)OC(=O)CCCCCCCCCCCCCC(C)C. The highest BCUT2D eigenvalue weighted by atomic mass is 31.2. The van der Waals surface area contributed by atoms with E-state index in [1.165, 1.54) is 135 Å². The highest BCUT2D eigenvalue weighted by Gasteiger charge is 2.30. The average Bonchev–Trinajstić information content (AvgIpc) is 3.48. The van der Waals surface area contributed by atoms with E-state index in [9.17, 15) is 43.2 Å². The molecule has 0 saturated heterocycles. The monoisotopic (exact) mass is 1240 g/mol. The van der Waals surface area contributed by atoms with E-state index in [-0.39, 0.29) is 25.7 Å². The summed E-state index contributed by atoms with van der Waals surface area (Å²) in [6, 6.07) is 0. The number of ether oxygens (including phenoxy) is 4. The fraction of sp³-hybridized carbons (Fsp3) is 0.938. The van der Waals surface area contributed by atoms with Crippen LogP contribution in [-0.2, 0) is 65.4 Å². The molecular weight excluding hydrogens is 1110 g/mol. The summed E-state index contributed by atoms with van der Waals surface area (Å²) in [5.41, 5.74) is 0. The Bertz CT molecular complexity index is 1650. The minimum absolute atomic E-state index is 0.103. The summed E-state index contributed by atoms with van der Waals surface area (Å²) in [6.45, 7) is 9.43. The fourth-order valence-electron chi connectivity index (χ4n) is 9.68. The third kappa shape index (κ3) is 57.8. The zero-order chi connectivity index (χ0) is 62.2. The number of hydrogen-bond acceptors (Lipinski definition) is 15. The topological polar surface area (TPSA) is 237 Å². The Labute approximate surface area is 511 Å². The summed E-state index contributed by atoms with van der Waals surface area (Å²) in [5, 5.41) is 10.5. The Morgan fingerprint density at radius 1 is 0.345 bits per heavy atom. The molecule has 0 aromatic carbocycles. The van der Waals surface area contributed by atoms with E-state index in [0.717, 1.165) is 108 Å². The molecule has 17 nitrogen and oxygen atoms in total. The van der Waals surface area contributed by atoms with Gasteiger partial charge in [-0.1, -0.05) is 273 Å². The van der Waals surface area contributed by atoms with Gasteiger partial charge in [0.25, 0.3) is 0 Å². The summed E-state index contributed by atoms with van der Waals surface area (Å²) in [5.74, 6) is -0.650. The molecule has 0 spiro atoms. The zero-order valence-corrected chi connectivity index (χ0v) is 56.0. The van der Waals surface area contributed by atoms with Crippen molar-refractivity contribution in [1.29, 1.82) is 0 Å². The molecule has 0 heterocycles. The van der Waals surface area contributed by atoms with Crippen LogP contribution in [0.2, 0.25) is 0 Å². The lowest BCUT2D eigenvalue weighted by Crippen LogP contribution is -2.30. The Morgan fingerprint density at radius 3 is 0.905 bits per heavy atom. The first-order chi connectivity index (χ1) is 40.4. The van der Waals surface area contributed by atoms with Gasteiger partial charge in [0.05, 0.1) is 26.4 Å². The molecule has 0 aliphatic heterocycles. The van der Waals surface area contributed by atoms with Crippen molar-refractivity contribution in [2.75, 3.05) is 39.6 Å². The number of rotatable bonds is 64. The minimum atomic E-state index is -4.95. The Morgan fingerprint density at radius 2 is 0.607 bits per heavy atom. The molecule has 3 unspecified atom stereocenters. The summed E-state index contributed by atoms with van der Waals surface area (Å²) < 4.78 is 68.0. The third-order valence-corrected chi connectivity index (χ3v) is 17.2. The molecule has 0 aliphatic carbocycles. The van der Waals surface area contributed by atoms with Gasteiger partial charge in [-0.15, -0.1) is 0 Å². The molecule has 0 fully saturated rings. The molecule has 0 amide bonds. The number of phosphoric ester groups is 2. The Kier molecular flexibility index (Phi) is 56.2. The maximum atomic E-state index is 13.0. The Balaban J connectivity index is 5.23. The largest absolute Gasteiger partial charge is 0.472 e. The van der Waals surface area contributed by atoms with Gasteiger partial charge in [-0.2, -0.15) is 0 Å². The van der Waals surface area contributed by atoms with Crippen molar-refractivity contribution in [1.82, 2.24) is 0 Å². The standard InChI is InChI=1S/C65H126O17P2/c1-7-10-12-14-16-18-19-22-25-29-36-42-48-63(68)76-53-60(81-64(69)49-43-37-30-26-23-20-21-24-27-33-39-45-57(4)5)55-79-83(71,72)77-51-59(66)52-78-84(73,74)80-56-61(54-75-62(67)47-41-35-28-17-15-13-11-8-2)82-65(70)50-44-38-32-31-34-40-46-58(6)9-3/h57-61,66H,7-56H2,1-6H3,(H,71,72)(H,73,74)/t58?,59-,60-,61-/m1/s1. The van der Waals surface area contributed by atoms with E-state index < -0.39 is 97.5 Å². The summed E-state index contributed by atoms with van der Waals surface area (Å²) in [7, 11) is -9.89. The highest BCUT2D eigenvalue weighted by molar-refractivity contribution is 7.47. The summed E-state index contributed by atoms with van der Waals surface area (Å²) in [4.78, 5) is 72.2. The van der Waals surface area contributed by atoms with Crippen LogP contribution < -0.4 is 0 Å². The average molecular weight is 1240 g/mol. The van der Waals surface area contributed by atoms with Crippen molar-refractivity contribution in [2.45, 2.75) is 342 Å². The van der Waals surface area contributed by atoms with Crippen molar-refractivity contribution in [3.05, 3.63) is 0 Å². The lowest BCUT2D eigenvalue weighted by atomic mass is 10.00. The number of hydrogen-bond donors (Lipinski definition) is 3. The van der Waals surface area contributed by atoms with Gasteiger partial charge in [0, 0.05) is 25.7 Å². The third-order valence-electron chi connectivity index (χ3n) is 15.3. The second-order valence-corrected chi connectivity index (χ2v) is 27.1. The maximum Gasteiger partial charge on any atom is 0.472 e. The smallest absolute Gasteiger partial charge is 0.462 e. The van der Waals surface area contributed by atoms with Crippen molar-refractivity contribution in [3.8, 4) is 0 Å². The summed E-state index contributed by atoms with van der Waals surface area (Å²) >= 11 is 0. The molecule has 19 heteroatoms. The molecular formula is C65H126O17P2. The van der Waals surface area contributed by atoms with Crippen molar-refractivity contribution in [3.63, 3.8) is 0 Å². The van der Waals surface area contributed by atoms with Crippen LogP contribution in [0, 0.1) is 11.8 Å². The number of unbranched alkanes of at least 4 members (excludes halogenated alkanes) is 33. The number of phosphoric acid groups is 2. The zero-order valence-electron chi connectivity index (χ0n) is 54.2. The normalized spacial score (nSPS) is 14.6. The molecule has 498 valence electrons. The van der Waals surface area contributed by atoms with E-state index in [4.69, 9.17) is 37.0 Å². The van der Waals surface area contributed by atoms with Gasteiger partial charge >= 0.3 is 39.5 Å². The van der Waals surface area contributed by atoms with Crippen LogP contribution >= 0.6 is 15.6 Å². The van der Waals surface area contributed by atoms with Crippen LogP contribution in [0.25, 0.3) is 0 Å². The summed E-state index contributed by atoms with van der Waals surface area (Å²) in [6.07, 6.45) is 40.3. The molecule has 84 heavy (non-hydrogen) atoms. The second-order valence-electron chi connectivity index (χ2n) is 24.2. The molecule has 6 atom stereocenters. The van der Waals surface area contributed by atoms with Gasteiger partial charge in [0.2, 0.25) is 0 Å². The van der Waals surface area contributed by atoms with E-state index in [1.807, 2.05) is 0 Å². The van der Waals surface area contributed by atoms with Gasteiger partial charge in [-0.3, -0.25) is 37.3 Å². The molecule has 0 saturated carbocycles. The van der Waals surface area contributed by atoms with Crippen molar-refractivity contribution in [2.24, 2.45) is 11.8 Å². The second kappa shape index (κ2) is 57.5. The number of esters is 4. The first kappa shape index (κ1) is 82.1. The van der Waals surface area contributed by atoms with Crippen LogP contribution in [0.3, 0.4) is 0 Å². The van der Waals surface area contributed by atoms with Gasteiger partial charge in [0.15, 0.2) is 12.2 Å². The van der Waals surface area contributed by atoms with E-state index in [0.29, 0.717) is 25.7 Å². The van der Waals surface area contributed by atoms with E-state index in [2.05, 4.69) is 41.5 Å². The van der Waals surface area contributed by atoms with Crippen molar-refractivity contribution < 1.29 is 80.2 Å². The van der Waals surface area contributed by atoms with E-state index in [1.54, 1.807) is 0 Å². The first-order valence-corrected chi connectivity index (χ1v) is 37.0. The number of aliphatic hydroxyl groups is 1. The number of carbonyl (C=O) groups is 4. The van der Waals surface area contributed by atoms with Gasteiger partial charge < -0.3 is 33.8 Å². The van der Waals surface area contributed by atoms with Crippen LogP contribution in [-0.4, -0.2) is 96.7 Å². The maximum absolute atomic E-state index is 13.0. The molecule has 0 radical (unpaired) electrons. The molecule has 0 bridgehead atoms. The van der Waals surface area contributed by atoms with Gasteiger partial charge in [-0.25, -0.2) is 9.13 Å². The van der Waals surface area contributed by atoms with Crippen molar-refractivity contribution >= 4 is 39.5 Å².